The zero-order valence-corrected chi connectivity index (χ0v) is 19.2. The Labute approximate surface area is 196 Å². The van der Waals surface area contributed by atoms with Crippen molar-refractivity contribution in [3.63, 3.8) is 0 Å². The zero-order chi connectivity index (χ0) is 23.3. The smallest absolute Gasteiger partial charge is 0.375 e. The summed E-state index contributed by atoms with van der Waals surface area (Å²) in [5.41, 5.74) is 9.41. The fourth-order valence-electron chi connectivity index (χ4n) is 6.15. The van der Waals surface area contributed by atoms with Gasteiger partial charge in [-0.15, -0.1) is 0 Å². The number of fused-ring (bicyclic) bond motifs is 1. The van der Waals surface area contributed by atoms with Gasteiger partial charge < -0.3 is 5.73 Å². The number of anilines is 1. The molecule has 176 valence electrons. The second-order valence-corrected chi connectivity index (χ2v) is 9.96. The number of nitrogen functional groups attached to an aromatic ring is 1. The molecule has 2 fully saturated rings. The van der Waals surface area contributed by atoms with E-state index in [-0.39, 0.29) is 5.02 Å². The van der Waals surface area contributed by atoms with Crippen LogP contribution in [0.4, 0.5) is 14.7 Å². The molecule has 6 nitrogen and oxygen atoms in total. The van der Waals surface area contributed by atoms with Crippen LogP contribution < -0.4 is 5.73 Å². The molecule has 0 saturated heterocycles. The van der Waals surface area contributed by atoms with Crippen LogP contribution >= 0.6 is 11.6 Å². The van der Waals surface area contributed by atoms with E-state index in [1.54, 1.807) is 22.9 Å². The van der Waals surface area contributed by atoms with Crippen molar-refractivity contribution < 1.29 is 18.7 Å². The van der Waals surface area contributed by atoms with Crippen LogP contribution in [-0.4, -0.2) is 39.8 Å². The number of halogens is 3. The lowest BCUT2D eigenvalue weighted by Gasteiger charge is -2.31. The second kappa shape index (κ2) is 8.72. The van der Waals surface area contributed by atoms with Gasteiger partial charge in [0.05, 0.1) is 10.7 Å². The van der Waals surface area contributed by atoms with Gasteiger partial charge in [0.1, 0.15) is 11.6 Å². The lowest BCUT2D eigenvalue weighted by atomic mass is 9.92. The minimum Gasteiger partial charge on any atom is -0.383 e. The maximum atomic E-state index is 13.7. The maximum Gasteiger partial charge on any atom is 0.375 e. The molecule has 2 aliphatic carbocycles. The average molecular weight is 477 g/mol. The van der Waals surface area contributed by atoms with Crippen LogP contribution in [0.25, 0.3) is 11.1 Å². The number of rotatable bonds is 4. The quantitative estimate of drug-likeness (QED) is 0.686. The van der Waals surface area contributed by atoms with Crippen LogP contribution in [0, 0.1) is 17.7 Å². The summed E-state index contributed by atoms with van der Waals surface area (Å²) in [6, 6.07) is 5.18. The lowest BCUT2D eigenvalue weighted by Crippen LogP contribution is -2.38. The summed E-state index contributed by atoms with van der Waals surface area (Å²) in [6.07, 6.45) is 6.62. The molecule has 2 atom stereocenters. The largest absolute Gasteiger partial charge is 0.383 e. The molecule has 2 N–H and O–H groups in total. The van der Waals surface area contributed by atoms with Crippen LogP contribution in [0.5, 0.6) is 0 Å². The first-order valence-electron chi connectivity index (χ1n) is 11.4. The summed E-state index contributed by atoms with van der Waals surface area (Å²) in [6.45, 7) is 1.41. The minimum atomic E-state index is -0.867. The highest BCUT2D eigenvalue weighted by molar-refractivity contribution is 6.31. The summed E-state index contributed by atoms with van der Waals surface area (Å²) in [5.74, 6) is 0.754. The number of carbonyl (C=O) groups excluding carboxylic acids is 1. The number of aryl methyl sites for hydroxylation is 1. The number of nitrogens with zero attached hydrogens (tertiary/aromatic N) is 3. The minimum absolute atomic E-state index is 0.0753. The van der Waals surface area contributed by atoms with Crippen molar-refractivity contribution in [3.05, 3.63) is 46.4 Å². The standard InChI is InChI=1S/C24H27ClF2N4O2/c1-30-23(28)21(14-2-3-20(26)19(25)12-14)22(29-30)17-8-15-10-18(11-16(15)9-17)31-6-4-13(5-7-31)24(32)33-27/h2-4,12,15-18H,5-11,28H2,1H3. The molecule has 3 aliphatic rings. The molecular formula is C24H27ClF2N4O2. The van der Waals surface area contributed by atoms with Gasteiger partial charge in [0, 0.05) is 47.8 Å². The predicted octanol–water partition coefficient (Wildman–Crippen LogP) is 4.79. The van der Waals surface area contributed by atoms with Gasteiger partial charge in [-0.1, -0.05) is 23.7 Å². The van der Waals surface area contributed by atoms with Gasteiger partial charge in [-0.25, -0.2) is 14.1 Å². The van der Waals surface area contributed by atoms with Crippen LogP contribution in [0.15, 0.2) is 29.8 Å². The number of aromatic nitrogens is 2. The molecule has 5 rings (SSSR count). The topological polar surface area (TPSA) is 73.4 Å². The van der Waals surface area contributed by atoms with E-state index in [2.05, 4.69) is 9.84 Å². The molecule has 0 radical (unpaired) electrons. The maximum absolute atomic E-state index is 13.7. The van der Waals surface area contributed by atoms with Crippen molar-refractivity contribution in [1.82, 2.24) is 14.7 Å². The summed E-state index contributed by atoms with van der Waals surface area (Å²) in [4.78, 5) is 17.1. The number of hydrogen-bond donors (Lipinski definition) is 1. The lowest BCUT2D eigenvalue weighted by molar-refractivity contribution is -0.178. The van der Waals surface area contributed by atoms with Gasteiger partial charge in [0.25, 0.3) is 0 Å². The average Bonchev–Trinajstić information content (AvgIpc) is 3.47. The van der Waals surface area contributed by atoms with Crippen LogP contribution in [-0.2, 0) is 16.8 Å². The number of nitrogens with two attached hydrogens (primary N) is 1. The van der Waals surface area contributed by atoms with E-state index in [1.807, 2.05) is 7.05 Å². The molecular weight excluding hydrogens is 450 g/mol. The Balaban J connectivity index is 1.29. The van der Waals surface area contributed by atoms with E-state index in [4.69, 9.17) is 22.4 Å². The Hall–Kier alpha value is -2.45. The van der Waals surface area contributed by atoms with E-state index < -0.39 is 11.8 Å². The van der Waals surface area contributed by atoms with E-state index in [0.717, 1.165) is 49.0 Å². The molecule has 2 saturated carbocycles. The first-order valence-corrected chi connectivity index (χ1v) is 11.8. The van der Waals surface area contributed by atoms with Crippen LogP contribution in [0.3, 0.4) is 0 Å². The third kappa shape index (κ3) is 4.04. The van der Waals surface area contributed by atoms with Crippen molar-refractivity contribution in [2.45, 2.75) is 44.1 Å². The van der Waals surface area contributed by atoms with Crippen molar-refractivity contribution in [2.75, 3.05) is 18.8 Å². The molecule has 0 bridgehead atoms. The highest BCUT2D eigenvalue weighted by Crippen LogP contribution is 2.53. The van der Waals surface area contributed by atoms with Crippen molar-refractivity contribution in [3.8, 4) is 11.1 Å². The SMILES string of the molecule is Cn1nc(C2CC3CC(N4CC=C(C(=O)OF)CC4)CC3C2)c(-c2ccc(F)c(Cl)c2)c1N. The Morgan fingerprint density at radius 3 is 2.58 bits per heavy atom. The third-order valence-electron chi connectivity index (χ3n) is 7.79. The molecule has 9 heteroatoms. The van der Waals surface area contributed by atoms with Crippen molar-refractivity contribution in [2.24, 2.45) is 18.9 Å². The molecule has 1 aromatic carbocycles. The number of hydrogen-bond acceptors (Lipinski definition) is 5. The molecule has 0 spiro atoms. The van der Waals surface area contributed by atoms with E-state index in [1.165, 1.54) is 6.07 Å². The van der Waals surface area contributed by atoms with Gasteiger partial charge in [-0.3, -0.25) is 9.58 Å². The monoisotopic (exact) mass is 476 g/mol. The van der Waals surface area contributed by atoms with Gasteiger partial charge in [-0.2, -0.15) is 5.10 Å². The highest BCUT2D eigenvalue weighted by Gasteiger charge is 2.45. The van der Waals surface area contributed by atoms with Gasteiger partial charge in [-0.05, 0) is 61.6 Å². The normalized spacial score (nSPS) is 27.5. The molecule has 2 unspecified atom stereocenters. The summed E-state index contributed by atoms with van der Waals surface area (Å²) < 4.78 is 27.6. The second-order valence-electron chi connectivity index (χ2n) is 9.55. The Morgan fingerprint density at radius 1 is 1.24 bits per heavy atom. The van der Waals surface area contributed by atoms with Gasteiger partial charge >= 0.3 is 5.97 Å². The van der Waals surface area contributed by atoms with Crippen molar-refractivity contribution in [1.29, 1.82) is 0 Å². The zero-order valence-electron chi connectivity index (χ0n) is 18.4. The van der Waals surface area contributed by atoms with E-state index in [0.29, 0.717) is 48.2 Å². The number of benzene rings is 1. The molecule has 1 aliphatic heterocycles. The molecule has 0 amide bonds. The Morgan fingerprint density at radius 2 is 1.97 bits per heavy atom. The predicted molar refractivity (Wildman–Crippen MR) is 121 cm³/mol. The highest BCUT2D eigenvalue weighted by atomic mass is 35.5. The van der Waals surface area contributed by atoms with Gasteiger partial charge in [0.15, 0.2) is 0 Å². The Bertz CT molecular complexity index is 1100. The van der Waals surface area contributed by atoms with Crippen LogP contribution in [0.2, 0.25) is 5.02 Å². The molecule has 33 heavy (non-hydrogen) atoms. The Kier molecular flexibility index (Phi) is 5.91. The fourth-order valence-corrected chi connectivity index (χ4v) is 6.33. The van der Waals surface area contributed by atoms with Gasteiger partial charge in [0.2, 0.25) is 0 Å². The third-order valence-corrected chi connectivity index (χ3v) is 8.08. The van der Waals surface area contributed by atoms with Crippen LogP contribution in [0.1, 0.15) is 43.7 Å². The summed E-state index contributed by atoms with van der Waals surface area (Å²) >= 11 is 6.04. The first kappa shape index (κ1) is 22.3. The number of carbonyl (C=O) groups is 1. The molecule has 1 aromatic heterocycles. The first-order chi connectivity index (χ1) is 15.9. The van der Waals surface area contributed by atoms with E-state index in [9.17, 15) is 13.7 Å². The summed E-state index contributed by atoms with van der Waals surface area (Å²) in [5, 5.41) is 4.83. The molecule has 2 aromatic rings. The summed E-state index contributed by atoms with van der Waals surface area (Å²) in [7, 11) is 1.83. The van der Waals surface area contributed by atoms with E-state index >= 15 is 0 Å². The molecule has 2 heterocycles. The van der Waals surface area contributed by atoms with Crippen molar-refractivity contribution >= 4 is 23.4 Å². The fraction of sp³-hybridized carbons (Fsp3) is 0.500.